The molecule has 2 atom stereocenters. The Bertz CT molecular complexity index is 1350. The predicted octanol–water partition coefficient (Wildman–Crippen LogP) is 5.46. The van der Waals surface area contributed by atoms with Crippen LogP contribution in [0.15, 0.2) is 30.3 Å². The molecule has 1 saturated heterocycles. The number of rotatable bonds is 8. The molecule has 0 aliphatic carbocycles. The van der Waals surface area contributed by atoms with E-state index in [1.807, 2.05) is 46.8 Å². The van der Waals surface area contributed by atoms with Crippen LogP contribution in [0.25, 0.3) is 17.3 Å². The van der Waals surface area contributed by atoms with E-state index in [9.17, 15) is 17.6 Å². The largest absolute Gasteiger partial charge is 0.460 e. The number of carbonyl (C=O) groups is 1. The number of anilines is 1. The van der Waals surface area contributed by atoms with Crippen LogP contribution in [0.5, 0.6) is 0 Å². The molecular formula is C29H40FN3O6S. The van der Waals surface area contributed by atoms with Gasteiger partial charge in [0, 0.05) is 24.6 Å². The van der Waals surface area contributed by atoms with Gasteiger partial charge < -0.3 is 14.2 Å². The third-order valence-electron chi connectivity index (χ3n) is 6.08. The number of halogens is 1. The molecule has 0 spiro atoms. The summed E-state index contributed by atoms with van der Waals surface area (Å²) in [6.45, 7) is 12.9. The number of esters is 1. The van der Waals surface area contributed by atoms with E-state index in [1.165, 1.54) is 19.2 Å². The van der Waals surface area contributed by atoms with Crippen molar-refractivity contribution in [1.29, 1.82) is 0 Å². The minimum Gasteiger partial charge on any atom is -0.460 e. The van der Waals surface area contributed by atoms with Gasteiger partial charge in [0.05, 0.1) is 36.3 Å². The zero-order valence-corrected chi connectivity index (χ0v) is 25.5. The first-order valence-corrected chi connectivity index (χ1v) is 15.1. The van der Waals surface area contributed by atoms with Gasteiger partial charge in [0.15, 0.2) is 5.79 Å². The van der Waals surface area contributed by atoms with Crippen LogP contribution in [-0.2, 0) is 29.0 Å². The van der Waals surface area contributed by atoms with Gasteiger partial charge in [0.1, 0.15) is 11.4 Å². The summed E-state index contributed by atoms with van der Waals surface area (Å²) in [6, 6.07) is 5.83. The quantitative estimate of drug-likeness (QED) is 0.381. The Morgan fingerprint density at radius 2 is 1.82 bits per heavy atom. The van der Waals surface area contributed by atoms with Crippen molar-refractivity contribution >= 4 is 28.0 Å². The number of nitrogens with zero attached hydrogens (tertiary/aromatic N) is 3. The van der Waals surface area contributed by atoms with E-state index in [0.29, 0.717) is 28.9 Å². The van der Waals surface area contributed by atoms with E-state index in [4.69, 9.17) is 14.2 Å². The molecule has 1 aliphatic heterocycles. The van der Waals surface area contributed by atoms with Crippen molar-refractivity contribution in [3.63, 3.8) is 0 Å². The number of hydrogen-bond acceptors (Lipinski definition) is 8. The number of carbonyl (C=O) groups excluding carboxylic acids is 1. The van der Waals surface area contributed by atoms with Gasteiger partial charge in [-0.25, -0.2) is 27.1 Å². The number of sulfonamides is 1. The highest BCUT2D eigenvalue weighted by atomic mass is 32.2. The zero-order valence-electron chi connectivity index (χ0n) is 24.7. The van der Waals surface area contributed by atoms with Crippen molar-refractivity contribution in [2.24, 2.45) is 0 Å². The molecule has 3 rings (SSSR count). The molecule has 220 valence electrons. The van der Waals surface area contributed by atoms with Gasteiger partial charge in [-0.15, -0.1) is 0 Å². The minimum atomic E-state index is -3.63. The molecule has 1 aromatic heterocycles. The summed E-state index contributed by atoms with van der Waals surface area (Å²) in [6.07, 6.45) is 4.46. The fourth-order valence-corrected chi connectivity index (χ4v) is 4.74. The molecule has 2 heterocycles. The molecule has 1 unspecified atom stereocenters. The lowest BCUT2D eigenvalue weighted by molar-refractivity contribution is -0.290. The molecule has 11 heteroatoms. The van der Waals surface area contributed by atoms with Crippen molar-refractivity contribution in [1.82, 2.24) is 9.97 Å². The van der Waals surface area contributed by atoms with E-state index in [1.54, 1.807) is 26.0 Å². The van der Waals surface area contributed by atoms with Crippen LogP contribution in [0.3, 0.4) is 0 Å². The summed E-state index contributed by atoms with van der Waals surface area (Å²) in [7, 11) is -2.24. The summed E-state index contributed by atoms with van der Waals surface area (Å²) in [5.74, 6) is -1.78. The van der Waals surface area contributed by atoms with Crippen LogP contribution in [0.1, 0.15) is 78.5 Å². The number of hydrogen-bond donors (Lipinski definition) is 0. The number of benzene rings is 1. The SMILES string of the molecule is CC(C)c1nc(N(C)S(C)(=O)=O)nc(-c2ccc(F)cc2)c1/C=C/[C@@H]1CC(CC(=O)OC(C)(C)C)OC(C)(C)O1. The third kappa shape index (κ3) is 8.55. The topological polar surface area (TPSA) is 108 Å². The van der Waals surface area contributed by atoms with E-state index in [-0.39, 0.29) is 24.3 Å². The lowest BCUT2D eigenvalue weighted by atomic mass is 9.97. The standard InChI is InChI=1S/C29H40FN3O6S/c1-18(2)25-23(15-14-21-16-22(38-29(6,7)37-21)17-24(34)39-28(3,4)5)26(19-10-12-20(30)13-11-19)32-27(31-25)33(8)40(9,35)36/h10-15,18,21-22H,16-17H2,1-9H3/b15-14+/t21-,22?/m1/s1. The Hall–Kier alpha value is -2.89. The Morgan fingerprint density at radius 3 is 2.38 bits per heavy atom. The lowest BCUT2D eigenvalue weighted by Crippen LogP contribution is -2.45. The van der Waals surface area contributed by atoms with Crippen LogP contribution in [-0.4, -0.2) is 61.3 Å². The first-order valence-electron chi connectivity index (χ1n) is 13.2. The highest BCUT2D eigenvalue weighted by Crippen LogP contribution is 2.34. The molecule has 1 aromatic carbocycles. The highest BCUT2D eigenvalue weighted by molar-refractivity contribution is 7.92. The monoisotopic (exact) mass is 577 g/mol. The highest BCUT2D eigenvalue weighted by Gasteiger charge is 2.36. The predicted molar refractivity (Wildman–Crippen MR) is 153 cm³/mol. The fraction of sp³-hybridized carbons (Fsp3) is 0.552. The van der Waals surface area contributed by atoms with Gasteiger partial charge in [0.25, 0.3) is 0 Å². The van der Waals surface area contributed by atoms with Crippen molar-refractivity contribution in [3.05, 3.63) is 47.4 Å². The van der Waals surface area contributed by atoms with Crippen molar-refractivity contribution < 1.29 is 31.8 Å². The van der Waals surface area contributed by atoms with Gasteiger partial charge >= 0.3 is 5.97 Å². The molecule has 0 bridgehead atoms. The van der Waals surface area contributed by atoms with E-state index in [2.05, 4.69) is 9.97 Å². The summed E-state index contributed by atoms with van der Waals surface area (Å²) in [5, 5.41) is 0. The van der Waals surface area contributed by atoms with Gasteiger partial charge in [0.2, 0.25) is 16.0 Å². The molecule has 0 radical (unpaired) electrons. The lowest BCUT2D eigenvalue weighted by Gasteiger charge is -2.39. The second-order valence-corrected chi connectivity index (χ2v) is 13.8. The smallest absolute Gasteiger partial charge is 0.308 e. The summed E-state index contributed by atoms with van der Waals surface area (Å²) in [5.41, 5.74) is 1.73. The molecule has 40 heavy (non-hydrogen) atoms. The van der Waals surface area contributed by atoms with Crippen LogP contribution < -0.4 is 4.31 Å². The second-order valence-electron chi connectivity index (χ2n) is 11.7. The van der Waals surface area contributed by atoms with Crippen LogP contribution in [0, 0.1) is 5.82 Å². The maximum atomic E-state index is 13.8. The molecule has 0 amide bonds. The van der Waals surface area contributed by atoms with E-state index in [0.717, 1.165) is 10.6 Å². The number of aromatic nitrogens is 2. The van der Waals surface area contributed by atoms with Gasteiger partial charge in [-0.3, -0.25) is 4.79 Å². The molecule has 1 aliphatic rings. The average Bonchev–Trinajstić information content (AvgIpc) is 2.79. The zero-order chi connectivity index (χ0) is 30.0. The summed E-state index contributed by atoms with van der Waals surface area (Å²) < 4.78 is 57.0. The molecule has 0 saturated carbocycles. The maximum Gasteiger partial charge on any atom is 0.308 e. The molecule has 0 N–H and O–H groups in total. The Kier molecular flexibility index (Phi) is 9.43. The Labute approximate surface area is 236 Å². The first kappa shape index (κ1) is 31.6. The van der Waals surface area contributed by atoms with Gasteiger partial charge in [-0.2, -0.15) is 0 Å². The average molecular weight is 578 g/mol. The molecular weight excluding hydrogens is 537 g/mol. The van der Waals surface area contributed by atoms with Crippen LogP contribution in [0.4, 0.5) is 10.3 Å². The Balaban J connectivity index is 2.04. The normalized spacial score (nSPS) is 19.7. The summed E-state index contributed by atoms with van der Waals surface area (Å²) in [4.78, 5) is 21.7. The van der Waals surface area contributed by atoms with Gasteiger partial charge in [-0.1, -0.05) is 26.0 Å². The van der Waals surface area contributed by atoms with Crippen LogP contribution in [0.2, 0.25) is 0 Å². The van der Waals surface area contributed by atoms with Crippen molar-refractivity contribution in [2.45, 2.75) is 90.8 Å². The number of ether oxygens (including phenoxy) is 3. The van der Waals surface area contributed by atoms with Crippen LogP contribution >= 0.6 is 0 Å². The first-order chi connectivity index (χ1) is 18.3. The second kappa shape index (κ2) is 11.9. The van der Waals surface area contributed by atoms with Crippen molar-refractivity contribution in [2.75, 3.05) is 17.6 Å². The minimum absolute atomic E-state index is 0.0172. The molecule has 2 aromatic rings. The molecule has 1 fully saturated rings. The maximum absolute atomic E-state index is 13.8. The molecule has 9 nitrogen and oxygen atoms in total. The van der Waals surface area contributed by atoms with Crippen molar-refractivity contribution in [3.8, 4) is 11.3 Å². The summed E-state index contributed by atoms with van der Waals surface area (Å²) >= 11 is 0. The van der Waals surface area contributed by atoms with E-state index < -0.39 is 39.4 Å². The third-order valence-corrected chi connectivity index (χ3v) is 7.24. The fourth-order valence-electron chi connectivity index (χ4n) is 4.36. The van der Waals surface area contributed by atoms with Gasteiger partial charge in [-0.05, 0) is 64.8 Å². The Morgan fingerprint density at radius 1 is 1.20 bits per heavy atom. The van der Waals surface area contributed by atoms with E-state index >= 15 is 0 Å².